The van der Waals surface area contributed by atoms with Crippen LogP contribution in [0.15, 0.2) is 30.3 Å². The fraction of sp³-hybridized carbons (Fsp3) is 0.462. The number of carbonyl (C=O) groups is 1. The normalized spacial score (nSPS) is 11.8. The van der Waals surface area contributed by atoms with E-state index in [-0.39, 0.29) is 6.42 Å². The Balaban J connectivity index is 2.25. The Morgan fingerprint density at radius 3 is 2.61 bits per heavy atom. The van der Waals surface area contributed by atoms with Gasteiger partial charge in [0.1, 0.15) is 0 Å². The minimum Gasteiger partial charge on any atom is -0.350 e. The lowest BCUT2D eigenvalue weighted by molar-refractivity contribution is -0.508. The topological polar surface area (TPSA) is 72.2 Å². The summed E-state index contributed by atoms with van der Waals surface area (Å²) < 4.78 is 0. The summed E-state index contributed by atoms with van der Waals surface area (Å²) >= 11 is 0. The third kappa shape index (κ3) is 4.53. The second-order valence-corrected chi connectivity index (χ2v) is 4.09. The minimum absolute atomic E-state index is 0.220. The molecule has 1 atom stereocenters. The number of hydrogen-bond donors (Lipinski definition) is 1. The standard InChI is InChI=1S/C13H18N2O3/c1-2-12(15(17)18)13(16)14-10-6-9-11-7-4-3-5-8-11/h3-5,7-8,12H,2,6,9-10H2,1H3,(H,14,16). The van der Waals surface area contributed by atoms with Gasteiger partial charge in [-0.25, -0.2) is 0 Å². The summed E-state index contributed by atoms with van der Waals surface area (Å²) in [4.78, 5) is 21.5. The number of amides is 1. The van der Waals surface area contributed by atoms with Crippen LogP contribution in [0.4, 0.5) is 0 Å². The van der Waals surface area contributed by atoms with Crippen LogP contribution in [0.25, 0.3) is 0 Å². The molecule has 1 aromatic rings. The number of hydrogen-bond acceptors (Lipinski definition) is 3. The summed E-state index contributed by atoms with van der Waals surface area (Å²) in [5.74, 6) is -0.490. The van der Waals surface area contributed by atoms with E-state index in [4.69, 9.17) is 0 Å². The first kappa shape index (κ1) is 14.2. The lowest BCUT2D eigenvalue weighted by Crippen LogP contribution is -2.39. The molecule has 0 aromatic heterocycles. The molecule has 0 heterocycles. The number of aryl methyl sites for hydroxylation is 1. The summed E-state index contributed by atoms with van der Waals surface area (Å²) in [5.41, 5.74) is 1.20. The first-order valence-electron chi connectivity index (χ1n) is 6.10. The molecule has 18 heavy (non-hydrogen) atoms. The van der Waals surface area contributed by atoms with E-state index in [0.29, 0.717) is 6.54 Å². The zero-order chi connectivity index (χ0) is 13.4. The summed E-state index contributed by atoms with van der Waals surface area (Å²) in [6.45, 7) is 2.11. The number of benzene rings is 1. The quantitative estimate of drug-likeness (QED) is 0.455. The summed E-state index contributed by atoms with van der Waals surface area (Å²) in [5, 5.41) is 13.2. The SMILES string of the molecule is CCC(C(=O)NCCCc1ccccc1)[N+](=O)[O-]. The summed E-state index contributed by atoms with van der Waals surface area (Å²) in [7, 11) is 0. The van der Waals surface area contributed by atoms with E-state index >= 15 is 0 Å². The Hall–Kier alpha value is -1.91. The second kappa shape index (κ2) is 7.42. The molecular formula is C13H18N2O3. The maximum atomic E-state index is 11.5. The summed E-state index contributed by atoms with van der Waals surface area (Å²) in [6, 6.07) is 8.80. The van der Waals surface area contributed by atoms with Gasteiger partial charge in [-0.05, 0) is 18.4 Å². The molecule has 0 aliphatic heterocycles. The molecule has 0 aliphatic carbocycles. The van der Waals surface area contributed by atoms with Gasteiger partial charge in [0, 0.05) is 17.9 Å². The fourth-order valence-corrected chi connectivity index (χ4v) is 1.70. The monoisotopic (exact) mass is 250 g/mol. The van der Waals surface area contributed by atoms with Crippen molar-refractivity contribution in [2.45, 2.75) is 32.2 Å². The molecule has 0 saturated heterocycles. The highest BCUT2D eigenvalue weighted by Gasteiger charge is 2.26. The van der Waals surface area contributed by atoms with Crippen molar-refractivity contribution in [3.8, 4) is 0 Å². The third-order valence-electron chi connectivity index (χ3n) is 2.73. The molecular weight excluding hydrogens is 232 g/mol. The van der Waals surface area contributed by atoms with Gasteiger partial charge in [-0.2, -0.15) is 0 Å². The molecule has 1 amide bonds. The predicted molar refractivity (Wildman–Crippen MR) is 68.8 cm³/mol. The number of nitrogens with zero attached hydrogens (tertiary/aromatic N) is 1. The molecule has 5 nitrogen and oxygen atoms in total. The average Bonchev–Trinajstić information content (AvgIpc) is 2.36. The molecule has 98 valence electrons. The van der Waals surface area contributed by atoms with Crippen molar-refractivity contribution in [2.24, 2.45) is 0 Å². The Labute approximate surface area is 106 Å². The lowest BCUT2D eigenvalue weighted by atomic mass is 10.1. The first-order valence-corrected chi connectivity index (χ1v) is 6.10. The largest absolute Gasteiger partial charge is 0.350 e. The predicted octanol–water partition coefficient (Wildman–Crippen LogP) is 1.79. The van der Waals surface area contributed by atoms with Crippen molar-refractivity contribution in [1.29, 1.82) is 0 Å². The molecule has 0 spiro atoms. The van der Waals surface area contributed by atoms with Gasteiger partial charge >= 0.3 is 0 Å². The van der Waals surface area contributed by atoms with Crippen molar-refractivity contribution in [2.75, 3.05) is 6.54 Å². The lowest BCUT2D eigenvalue weighted by Gasteiger charge is -2.08. The van der Waals surface area contributed by atoms with Gasteiger partial charge in [-0.1, -0.05) is 37.3 Å². The van der Waals surface area contributed by atoms with Crippen LogP contribution in [0, 0.1) is 10.1 Å². The van der Waals surface area contributed by atoms with Crippen molar-refractivity contribution < 1.29 is 9.72 Å². The molecule has 1 aromatic carbocycles. The van der Waals surface area contributed by atoms with Crippen molar-refractivity contribution in [3.05, 3.63) is 46.0 Å². The Bertz CT molecular complexity index is 392. The molecule has 0 fully saturated rings. The van der Waals surface area contributed by atoms with Gasteiger partial charge in [0.2, 0.25) is 0 Å². The molecule has 0 radical (unpaired) electrons. The maximum absolute atomic E-state index is 11.5. The third-order valence-corrected chi connectivity index (χ3v) is 2.73. The highest BCUT2D eigenvalue weighted by Crippen LogP contribution is 2.02. The zero-order valence-electron chi connectivity index (χ0n) is 10.5. The molecule has 0 bridgehead atoms. The molecule has 1 rings (SSSR count). The Morgan fingerprint density at radius 2 is 2.06 bits per heavy atom. The van der Waals surface area contributed by atoms with Crippen LogP contribution in [0.3, 0.4) is 0 Å². The van der Waals surface area contributed by atoms with Crippen LogP contribution in [0.5, 0.6) is 0 Å². The van der Waals surface area contributed by atoms with E-state index in [1.165, 1.54) is 5.56 Å². The van der Waals surface area contributed by atoms with E-state index in [0.717, 1.165) is 12.8 Å². The van der Waals surface area contributed by atoms with Gasteiger partial charge in [0.15, 0.2) is 0 Å². The second-order valence-electron chi connectivity index (χ2n) is 4.09. The smallest absolute Gasteiger partial charge is 0.294 e. The Kier molecular flexibility index (Phi) is 5.84. The van der Waals surface area contributed by atoms with E-state index in [2.05, 4.69) is 5.32 Å². The summed E-state index contributed by atoms with van der Waals surface area (Å²) in [6.07, 6.45) is 1.86. The molecule has 0 saturated carbocycles. The fourth-order valence-electron chi connectivity index (χ4n) is 1.70. The highest BCUT2D eigenvalue weighted by atomic mass is 16.6. The first-order chi connectivity index (χ1) is 8.65. The van der Waals surface area contributed by atoms with Gasteiger partial charge in [0.05, 0.1) is 0 Å². The zero-order valence-corrected chi connectivity index (χ0v) is 10.5. The van der Waals surface area contributed by atoms with Crippen molar-refractivity contribution >= 4 is 5.91 Å². The van der Waals surface area contributed by atoms with Gasteiger partial charge in [-0.15, -0.1) is 0 Å². The molecule has 5 heteroatoms. The average molecular weight is 250 g/mol. The number of nitrogens with one attached hydrogen (secondary N) is 1. The van der Waals surface area contributed by atoms with Crippen LogP contribution < -0.4 is 5.32 Å². The maximum Gasteiger partial charge on any atom is 0.294 e. The van der Waals surface area contributed by atoms with Gasteiger partial charge in [-0.3, -0.25) is 14.9 Å². The van der Waals surface area contributed by atoms with E-state index < -0.39 is 16.9 Å². The number of carbonyl (C=O) groups excluding carboxylic acids is 1. The number of nitro groups is 1. The van der Waals surface area contributed by atoms with Crippen LogP contribution >= 0.6 is 0 Å². The number of rotatable bonds is 7. The molecule has 1 N–H and O–H groups in total. The molecule has 1 unspecified atom stereocenters. The van der Waals surface area contributed by atoms with E-state index in [1.807, 2.05) is 30.3 Å². The van der Waals surface area contributed by atoms with Crippen LogP contribution in [0.1, 0.15) is 25.3 Å². The van der Waals surface area contributed by atoms with Gasteiger partial charge in [0.25, 0.3) is 11.9 Å². The molecule has 0 aliphatic rings. The van der Waals surface area contributed by atoms with Crippen LogP contribution in [0.2, 0.25) is 0 Å². The van der Waals surface area contributed by atoms with E-state index in [9.17, 15) is 14.9 Å². The van der Waals surface area contributed by atoms with Crippen molar-refractivity contribution in [1.82, 2.24) is 5.32 Å². The van der Waals surface area contributed by atoms with Crippen molar-refractivity contribution in [3.63, 3.8) is 0 Å². The van der Waals surface area contributed by atoms with Crippen LogP contribution in [-0.2, 0) is 11.2 Å². The van der Waals surface area contributed by atoms with Gasteiger partial charge < -0.3 is 5.32 Å². The van der Waals surface area contributed by atoms with Crippen LogP contribution in [-0.4, -0.2) is 23.4 Å². The minimum atomic E-state index is -1.12. The Morgan fingerprint density at radius 1 is 1.39 bits per heavy atom. The van der Waals surface area contributed by atoms with E-state index in [1.54, 1.807) is 6.92 Å². The highest BCUT2D eigenvalue weighted by molar-refractivity contribution is 5.80.